The third kappa shape index (κ3) is 3.28. The summed E-state index contributed by atoms with van der Waals surface area (Å²) in [6.45, 7) is 2.97. The molecule has 0 aromatic carbocycles. The molecule has 0 radical (unpaired) electrons. The minimum atomic E-state index is -0.172. The maximum Gasteiger partial charge on any atom is 0.274 e. The number of nitrogens with zero attached hydrogens (tertiary/aromatic N) is 3. The van der Waals surface area contributed by atoms with Crippen LogP contribution in [0.5, 0.6) is 0 Å². The van der Waals surface area contributed by atoms with Crippen molar-refractivity contribution < 1.29 is 14.3 Å². The van der Waals surface area contributed by atoms with Crippen molar-refractivity contribution in [3.63, 3.8) is 0 Å². The van der Waals surface area contributed by atoms with Crippen molar-refractivity contribution in [2.45, 2.75) is 31.3 Å². The van der Waals surface area contributed by atoms with Crippen molar-refractivity contribution in [2.24, 2.45) is 5.92 Å². The van der Waals surface area contributed by atoms with Gasteiger partial charge in [-0.25, -0.2) is 4.98 Å². The number of rotatable bonds is 4. The molecule has 2 saturated heterocycles. The van der Waals surface area contributed by atoms with Crippen LogP contribution in [0.1, 0.15) is 36.2 Å². The molecule has 6 heteroatoms. The van der Waals surface area contributed by atoms with Gasteiger partial charge in [-0.15, -0.1) is 0 Å². The van der Waals surface area contributed by atoms with Gasteiger partial charge in [0.25, 0.3) is 5.91 Å². The van der Waals surface area contributed by atoms with Crippen molar-refractivity contribution in [1.29, 1.82) is 0 Å². The molecule has 0 saturated carbocycles. The molecule has 2 fully saturated rings. The van der Waals surface area contributed by atoms with E-state index in [-0.39, 0.29) is 11.5 Å². The van der Waals surface area contributed by atoms with Gasteiger partial charge in [0.05, 0.1) is 24.9 Å². The molecule has 3 heterocycles. The van der Waals surface area contributed by atoms with Crippen molar-refractivity contribution in [3.8, 4) is 0 Å². The summed E-state index contributed by atoms with van der Waals surface area (Å²) in [5, 5.41) is 0. The van der Waals surface area contributed by atoms with E-state index in [0.29, 0.717) is 18.2 Å². The molecule has 2 aliphatic rings. The zero-order valence-electron chi connectivity index (χ0n) is 13.0. The van der Waals surface area contributed by atoms with Crippen LogP contribution in [0.4, 0.5) is 0 Å². The standard InChI is InChI=1S/C16H23N3O3/c1-21-8-3-13-9-16(22-11-13)4-2-7-19(12-16)15(20)14-10-17-5-6-18-14/h5-6,10,13H,2-4,7-9,11-12H2,1H3/t13-,16+/m0/s1. The predicted octanol–water partition coefficient (Wildman–Crippen LogP) is 1.52. The lowest BCUT2D eigenvalue weighted by Crippen LogP contribution is -2.50. The Morgan fingerprint density at radius 2 is 2.45 bits per heavy atom. The van der Waals surface area contributed by atoms with E-state index in [9.17, 15) is 4.79 Å². The molecule has 120 valence electrons. The Bertz CT molecular complexity index is 511. The Labute approximate surface area is 130 Å². The van der Waals surface area contributed by atoms with Crippen molar-refractivity contribution in [1.82, 2.24) is 14.9 Å². The highest BCUT2D eigenvalue weighted by Gasteiger charge is 2.44. The van der Waals surface area contributed by atoms with Crippen molar-refractivity contribution >= 4 is 5.91 Å². The molecule has 1 amide bonds. The summed E-state index contributed by atoms with van der Waals surface area (Å²) in [6.07, 6.45) is 8.70. The minimum absolute atomic E-state index is 0.0453. The van der Waals surface area contributed by atoms with E-state index in [4.69, 9.17) is 9.47 Å². The Kier molecular flexibility index (Phi) is 4.69. The molecule has 22 heavy (non-hydrogen) atoms. The summed E-state index contributed by atoms with van der Waals surface area (Å²) in [4.78, 5) is 22.5. The second-order valence-electron chi connectivity index (χ2n) is 6.27. The average molecular weight is 305 g/mol. The fourth-order valence-electron chi connectivity index (χ4n) is 3.54. The molecule has 0 N–H and O–H groups in total. The van der Waals surface area contributed by atoms with Crippen molar-refractivity contribution in [3.05, 3.63) is 24.3 Å². The van der Waals surface area contributed by atoms with Gasteiger partial charge in [0, 0.05) is 32.7 Å². The summed E-state index contributed by atoms with van der Waals surface area (Å²) in [5.41, 5.74) is 0.239. The Morgan fingerprint density at radius 3 is 3.23 bits per heavy atom. The highest BCUT2D eigenvalue weighted by atomic mass is 16.5. The summed E-state index contributed by atoms with van der Waals surface area (Å²) >= 11 is 0. The second kappa shape index (κ2) is 6.71. The first kappa shape index (κ1) is 15.4. The lowest BCUT2D eigenvalue weighted by atomic mass is 9.85. The zero-order chi connectivity index (χ0) is 15.4. The molecule has 0 aliphatic carbocycles. The predicted molar refractivity (Wildman–Crippen MR) is 80.5 cm³/mol. The van der Waals surface area contributed by atoms with Crippen LogP contribution in [0.3, 0.4) is 0 Å². The van der Waals surface area contributed by atoms with E-state index < -0.39 is 0 Å². The minimum Gasteiger partial charge on any atom is -0.385 e. The number of hydrogen-bond donors (Lipinski definition) is 0. The zero-order valence-corrected chi connectivity index (χ0v) is 13.0. The second-order valence-corrected chi connectivity index (χ2v) is 6.27. The van der Waals surface area contributed by atoms with Gasteiger partial charge in [-0.3, -0.25) is 9.78 Å². The summed E-state index contributed by atoms with van der Waals surface area (Å²) in [7, 11) is 1.73. The molecule has 0 unspecified atom stereocenters. The van der Waals surface area contributed by atoms with E-state index >= 15 is 0 Å². The van der Waals surface area contributed by atoms with E-state index in [1.165, 1.54) is 6.20 Å². The first-order valence-corrected chi connectivity index (χ1v) is 7.91. The third-order valence-electron chi connectivity index (χ3n) is 4.63. The van der Waals surface area contributed by atoms with Gasteiger partial charge in [-0.1, -0.05) is 0 Å². The normalized spacial score (nSPS) is 28.2. The number of methoxy groups -OCH3 is 1. The van der Waals surface area contributed by atoms with Crippen LogP contribution in [0, 0.1) is 5.92 Å². The average Bonchev–Trinajstić information content (AvgIpc) is 2.95. The van der Waals surface area contributed by atoms with Crippen LogP contribution in [-0.4, -0.2) is 59.8 Å². The maximum absolute atomic E-state index is 12.5. The molecule has 1 spiro atoms. The number of carbonyl (C=O) groups excluding carboxylic acids is 1. The SMILES string of the molecule is COCC[C@@H]1CO[C@]2(CCCN(C(=O)c3cnccn3)C2)C1. The monoisotopic (exact) mass is 305 g/mol. The maximum atomic E-state index is 12.5. The van der Waals surface area contributed by atoms with Crippen LogP contribution >= 0.6 is 0 Å². The van der Waals surface area contributed by atoms with Gasteiger partial charge in [0.1, 0.15) is 5.69 Å². The molecule has 1 aromatic heterocycles. The molecule has 3 rings (SSSR count). The topological polar surface area (TPSA) is 64.6 Å². The number of piperidine rings is 1. The lowest BCUT2D eigenvalue weighted by molar-refractivity contribution is -0.0451. The van der Waals surface area contributed by atoms with Gasteiger partial charge in [0.15, 0.2) is 0 Å². The van der Waals surface area contributed by atoms with Crippen LogP contribution in [0.25, 0.3) is 0 Å². The molecule has 0 bridgehead atoms. The Morgan fingerprint density at radius 1 is 1.55 bits per heavy atom. The molecule has 2 atom stereocenters. The van der Waals surface area contributed by atoms with E-state index in [1.54, 1.807) is 19.5 Å². The van der Waals surface area contributed by atoms with Gasteiger partial charge >= 0.3 is 0 Å². The number of aromatic nitrogens is 2. The van der Waals surface area contributed by atoms with Gasteiger partial charge in [0.2, 0.25) is 0 Å². The summed E-state index contributed by atoms with van der Waals surface area (Å²) in [5.74, 6) is 0.489. The molecular weight excluding hydrogens is 282 g/mol. The van der Waals surface area contributed by atoms with Crippen LogP contribution in [0.2, 0.25) is 0 Å². The molecular formula is C16H23N3O3. The summed E-state index contributed by atoms with van der Waals surface area (Å²) in [6, 6.07) is 0. The van der Waals surface area contributed by atoms with Crippen LogP contribution in [-0.2, 0) is 9.47 Å². The van der Waals surface area contributed by atoms with Crippen molar-refractivity contribution in [2.75, 3.05) is 33.4 Å². The largest absolute Gasteiger partial charge is 0.385 e. The lowest BCUT2D eigenvalue weighted by Gasteiger charge is -2.39. The number of hydrogen-bond acceptors (Lipinski definition) is 5. The number of carbonyl (C=O) groups is 1. The van der Waals surface area contributed by atoms with Gasteiger partial charge in [-0.2, -0.15) is 0 Å². The van der Waals surface area contributed by atoms with Gasteiger partial charge in [-0.05, 0) is 31.6 Å². The fourth-order valence-corrected chi connectivity index (χ4v) is 3.54. The molecule has 6 nitrogen and oxygen atoms in total. The number of ether oxygens (including phenoxy) is 2. The highest BCUT2D eigenvalue weighted by Crippen LogP contribution is 2.38. The first-order chi connectivity index (χ1) is 10.7. The van der Waals surface area contributed by atoms with E-state index in [0.717, 1.165) is 45.4 Å². The highest BCUT2D eigenvalue weighted by molar-refractivity contribution is 5.92. The Balaban J connectivity index is 1.64. The fraction of sp³-hybridized carbons (Fsp3) is 0.688. The summed E-state index contributed by atoms with van der Waals surface area (Å²) < 4.78 is 11.3. The van der Waals surface area contributed by atoms with Crippen LogP contribution < -0.4 is 0 Å². The number of likely N-dealkylation sites (tertiary alicyclic amines) is 1. The quantitative estimate of drug-likeness (QED) is 0.844. The van der Waals surface area contributed by atoms with Crippen LogP contribution in [0.15, 0.2) is 18.6 Å². The van der Waals surface area contributed by atoms with E-state index in [1.807, 2.05) is 4.90 Å². The van der Waals surface area contributed by atoms with Gasteiger partial charge < -0.3 is 14.4 Å². The Hall–Kier alpha value is -1.53. The smallest absolute Gasteiger partial charge is 0.274 e. The number of amides is 1. The molecule has 2 aliphatic heterocycles. The first-order valence-electron chi connectivity index (χ1n) is 7.91. The third-order valence-corrected chi connectivity index (χ3v) is 4.63. The molecule has 1 aromatic rings. The van der Waals surface area contributed by atoms with E-state index in [2.05, 4.69) is 9.97 Å².